The third-order valence-electron chi connectivity index (χ3n) is 3.16. The zero-order valence-corrected chi connectivity index (χ0v) is 10.7. The van der Waals surface area contributed by atoms with E-state index in [9.17, 15) is 0 Å². The van der Waals surface area contributed by atoms with Gasteiger partial charge in [0.25, 0.3) is 0 Å². The minimum Gasteiger partial charge on any atom is -0.399 e. The first-order valence-electron chi connectivity index (χ1n) is 6.19. The van der Waals surface area contributed by atoms with Crippen molar-refractivity contribution in [3.05, 3.63) is 59.9 Å². The van der Waals surface area contributed by atoms with Gasteiger partial charge in [-0.2, -0.15) is 0 Å². The largest absolute Gasteiger partial charge is 0.399 e. The number of aryl methyl sites for hydroxylation is 1. The van der Waals surface area contributed by atoms with Gasteiger partial charge < -0.3 is 10.3 Å². The van der Waals surface area contributed by atoms with Gasteiger partial charge in [-0.15, -0.1) is 0 Å². The van der Waals surface area contributed by atoms with Crippen LogP contribution in [0.5, 0.6) is 0 Å². The van der Waals surface area contributed by atoms with E-state index in [0.29, 0.717) is 0 Å². The number of nitrogens with two attached hydrogens (primary N) is 1. The fourth-order valence-corrected chi connectivity index (χ4v) is 2.15. The second-order valence-electron chi connectivity index (χ2n) is 4.52. The summed E-state index contributed by atoms with van der Waals surface area (Å²) in [6.45, 7) is 0. The quantitative estimate of drug-likeness (QED) is 0.708. The fraction of sp³-hybridized carbons (Fsp3) is 0.0625. The molecule has 0 radical (unpaired) electrons. The maximum Gasteiger partial charge on any atom is 0.133 e. The third-order valence-corrected chi connectivity index (χ3v) is 3.16. The lowest BCUT2D eigenvalue weighted by Crippen LogP contribution is -1.90. The second-order valence-corrected chi connectivity index (χ2v) is 4.52. The lowest BCUT2D eigenvalue weighted by Gasteiger charge is -1.98. The topological polar surface area (TPSA) is 43.8 Å². The molecule has 3 heteroatoms. The Labute approximate surface area is 112 Å². The molecule has 1 heterocycles. The van der Waals surface area contributed by atoms with Crippen LogP contribution in [0.3, 0.4) is 0 Å². The summed E-state index contributed by atoms with van der Waals surface area (Å²) in [5.74, 6) is 0.934. The summed E-state index contributed by atoms with van der Waals surface area (Å²) < 4.78 is 2.08. The Morgan fingerprint density at radius 2 is 1.89 bits per heavy atom. The van der Waals surface area contributed by atoms with Gasteiger partial charge in [-0.1, -0.05) is 30.3 Å². The SMILES string of the molecule is Cn1c(C=Cc2cccc(N)c2)nc2ccccc21. The van der Waals surface area contributed by atoms with Crippen molar-refractivity contribution >= 4 is 28.9 Å². The van der Waals surface area contributed by atoms with Crippen LogP contribution in [0.1, 0.15) is 11.4 Å². The van der Waals surface area contributed by atoms with E-state index < -0.39 is 0 Å². The molecule has 2 N–H and O–H groups in total. The molecule has 0 aliphatic rings. The molecule has 0 spiro atoms. The van der Waals surface area contributed by atoms with Gasteiger partial charge in [0.2, 0.25) is 0 Å². The maximum atomic E-state index is 5.76. The van der Waals surface area contributed by atoms with Crippen molar-refractivity contribution in [3.63, 3.8) is 0 Å². The Kier molecular flexibility index (Phi) is 2.80. The van der Waals surface area contributed by atoms with Crippen molar-refractivity contribution < 1.29 is 0 Å². The zero-order chi connectivity index (χ0) is 13.2. The van der Waals surface area contributed by atoms with Gasteiger partial charge in [-0.3, -0.25) is 0 Å². The fourth-order valence-electron chi connectivity index (χ4n) is 2.15. The number of hydrogen-bond acceptors (Lipinski definition) is 2. The molecular weight excluding hydrogens is 234 g/mol. The smallest absolute Gasteiger partial charge is 0.133 e. The van der Waals surface area contributed by atoms with E-state index >= 15 is 0 Å². The highest BCUT2D eigenvalue weighted by molar-refractivity contribution is 5.79. The Bertz CT molecular complexity index is 754. The Morgan fingerprint density at radius 1 is 1.05 bits per heavy atom. The molecule has 0 bridgehead atoms. The van der Waals surface area contributed by atoms with Gasteiger partial charge >= 0.3 is 0 Å². The van der Waals surface area contributed by atoms with Crippen molar-refractivity contribution in [2.45, 2.75) is 0 Å². The molecule has 3 rings (SSSR count). The van der Waals surface area contributed by atoms with Crippen LogP contribution in [0.25, 0.3) is 23.2 Å². The van der Waals surface area contributed by atoms with Crippen molar-refractivity contribution in [1.82, 2.24) is 9.55 Å². The van der Waals surface area contributed by atoms with Crippen molar-refractivity contribution in [1.29, 1.82) is 0 Å². The number of rotatable bonds is 2. The minimum absolute atomic E-state index is 0.771. The number of nitrogen functional groups attached to an aromatic ring is 1. The van der Waals surface area contributed by atoms with E-state index in [1.807, 2.05) is 61.7 Å². The number of aromatic nitrogens is 2. The molecule has 0 saturated heterocycles. The lowest BCUT2D eigenvalue weighted by atomic mass is 10.2. The Morgan fingerprint density at radius 3 is 2.68 bits per heavy atom. The lowest BCUT2D eigenvalue weighted by molar-refractivity contribution is 0.930. The van der Waals surface area contributed by atoms with Crippen molar-refractivity contribution in [3.8, 4) is 0 Å². The number of hydrogen-bond donors (Lipinski definition) is 1. The van der Waals surface area contributed by atoms with Gasteiger partial charge in [0, 0.05) is 12.7 Å². The molecule has 0 amide bonds. The summed E-state index contributed by atoms with van der Waals surface area (Å²) in [5, 5.41) is 0. The molecule has 94 valence electrons. The van der Waals surface area contributed by atoms with Gasteiger partial charge in [0.05, 0.1) is 11.0 Å². The average molecular weight is 249 g/mol. The summed E-state index contributed by atoms with van der Waals surface area (Å²) in [5.41, 5.74) is 9.76. The third kappa shape index (κ3) is 2.22. The van der Waals surface area contributed by atoms with E-state index in [1.165, 1.54) is 0 Å². The first-order chi connectivity index (χ1) is 9.24. The van der Waals surface area contributed by atoms with E-state index in [-0.39, 0.29) is 0 Å². The number of anilines is 1. The van der Waals surface area contributed by atoms with E-state index in [1.54, 1.807) is 0 Å². The number of benzene rings is 2. The van der Waals surface area contributed by atoms with Crippen LogP contribution in [-0.4, -0.2) is 9.55 Å². The molecule has 0 fully saturated rings. The van der Waals surface area contributed by atoms with Gasteiger partial charge in [0.1, 0.15) is 5.82 Å². The standard InChI is InChI=1S/C16H15N3/c1-19-15-8-3-2-7-14(15)18-16(19)10-9-12-5-4-6-13(17)11-12/h2-11H,17H2,1H3. The molecule has 0 unspecified atom stereocenters. The van der Waals surface area contributed by atoms with Crippen molar-refractivity contribution in [2.75, 3.05) is 5.73 Å². The van der Waals surface area contributed by atoms with Gasteiger partial charge in [-0.25, -0.2) is 4.98 Å². The van der Waals surface area contributed by atoms with Gasteiger partial charge in [-0.05, 0) is 35.9 Å². The zero-order valence-electron chi connectivity index (χ0n) is 10.7. The van der Waals surface area contributed by atoms with E-state index in [0.717, 1.165) is 28.1 Å². The second kappa shape index (κ2) is 4.61. The minimum atomic E-state index is 0.771. The summed E-state index contributed by atoms with van der Waals surface area (Å²) in [4.78, 5) is 4.59. The summed E-state index contributed by atoms with van der Waals surface area (Å²) >= 11 is 0. The first-order valence-corrected chi connectivity index (χ1v) is 6.19. The molecule has 0 saturated carbocycles. The molecule has 19 heavy (non-hydrogen) atoms. The molecule has 0 aliphatic heterocycles. The molecule has 3 nitrogen and oxygen atoms in total. The van der Waals surface area contributed by atoms with Crippen LogP contribution in [0, 0.1) is 0 Å². The molecular formula is C16H15N3. The highest BCUT2D eigenvalue weighted by atomic mass is 15.0. The molecule has 0 aliphatic carbocycles. The van der Waals surface area contributed by atoms with Crippen LogP contribution < -0.4 is 5.73 Å². The van der Waals surface area contributed by atoms with Crippen LogP contribution in [-0.2, 0) is 7.05 Å². The van der Waals surface area contributed by atoms with Crippen LogP contribution in [0.15, 0.2) is 48.5 Å². The normalized spacial score (nSPS) is 11.4. The summed E-state index contributed by atoms with van der Waals surface area (Å²) in [6.07, 6.45) is 4.03. The highest BCUT2D eigenvalue weighted by Crippen LogP contribution is 2.16. The number of nitrogens with zero attached hydrogens (tertiary/aromatic N) is 2. The van der Waals surface area contributed by atoms with Crippen molar-refractivity contribution in [2.24, 2.45) is 7.05 Å². The van der Waals surface area contributed by atoms with Crippen LogP contribution in [0.4, 0.5) is 5.69 Å². The van der Waals surface area contributed by atoms with Crippen LogP contribution >= 0.6 is 0 Å². The molecule has 1 aromatic heterocycles. The monoisotopic (exact) mass is 249 g/mol. The predicted molar refractivity (Wildman–Crippen MR) is 80.5 cm³/mol. The highest BCUT2D eigenvalue weighted by Gasteiger charge is 2.03. The Balaban J connectivity index is 1.99. The van der Waals surface area contributed by atoms with E-state index in [4.69, 9.17) is 5.73 Å². The average Bonchev–Trinajstić information content (AvgIpc) is 2.74. The first kappa shape index (κ1) is 11.5. The number of imidazole rings is 1. The molecule has 0 atom stereocenters. The van der Waals surface area contributed by atoms with Gasteiger partial charge in [0.15, 0.2) is 0 Å². The summed E-state index contributed by atoms with van der Waals surface area (Å²) in [7, 11) is 2.02. The Hall–Kier alpha value is -2.55. The number of fused-ring (bicyclic) bond motifs is 1. The molecule has 3 aromatic rings. The maximum absolute atomic E-state index is 5.76. The number of para-hydroxylation sites is 2. The predicted octanol–water partition coefficient (Wildman–Crippen LogP) is 3.33. The van der Waals surface area contributed by atoms with E-state index in [2.05, 4.69) is 15.6 Å². The van der Waals surface area contributed by atoms with Crippen LogP contribution in [0.2, 0.25) is 0 Å². The summed E-state index contributed by atoms with van der Waals surface area (Å²) in [6, 6.07) is 15.9. The molecule has 2 aromatic carbocycles.